The number of carbonyl (C=O) groups is 2. The second-order valence-corrected chi connectivity index (χ2v) is 7.59. The van der Waals surface area contributed by atoms with Crippen LogP contribution in [-0.4, -0.2) is 43.9 Å². The zero-order valence-corrected chi connectivity index (χ0v) is 15.5. The highest BCUT2D eigenvalue weighted by Crippen LogP contribution is 2.46. The Balaban J connectivity index is 2.40. The van der Waals surface area contributed by atoms with Crippen molar-refractivity contribution in [2.45, 2.75) is 53.0 Å². The first-order chi connectivity index (χ1) is 11.7. The Morgan fingerprint density at radius 2 is 1.92 bits per heavy atom. The van der Waals surface area contributed by atoms with Crippen LogP contribution in [0.3, 0.4) is 0 Å². The van der Waals surface area contributed by atoms with Crippen LogP contribution in [0.2, 0.25) is 0 Å². The summed E-state index contributed by atoms with van der Waals surface area (Å²) >= 11 is 0. The second-order valence-electron chi connectivity index (χ2n) is 7.59. The van der Waals surface area contributed by atoms with E-state index >= 15 is 0 Å². The highest BCUT2D eigenvalue weighted by atomic mass is 16.6. The Morgan fingerprint density at radius 3 is 2.56 bits per heavy atom. The smallest absolute Gasteiger partial charge is 0.407 e. The summed E-state index contributed by atoms with van der Waals surface area (Å²) in [6, 6.07) is -0.0740. The molecule has 0 aromatic carbocycles. The fourth-order valence-electron chi connectivity index (χ4n) is 3.68. The fraction of sp³-hybridized carbons (Fsp3) is 0.722. The predicted molar refractivity (Wildman–Crippen MR) is 92.8 cm³/mol. The maximum atomic E-state index is 11.8. The number of allylic oxidation sites excluding steroid dienone is 1. The number of hydrogen-bond donors (Lipinski definition) is 1. The molecule has 140 valence electrons. The van der Waals surface area contributed by atoms with Gasteiger partial charge in [-0.05, 0) is 37.0 Å². The maximum absolute atomic E-state index is 11.8. The first-order valence-electron chi connectivity index (χ1n) is 8.47. The highest BCUT2D eigenvalue weighted by Gasteiger charge is 2.41. The number of carbonyl (C=O) groups excluding carboxylic acids is 3. The lowest BCUT2D eigenvalue weighted by Gasteiger charge is -2.45. The topological polar surface area (TPSA) is 94.1 Å². The fourth-order valence-corrected chi connectivity index (χ4v) is 3.68. The van der Waals surface area contributed by atoms with E-state index in [-0.39, 0.29) is 30.1 Å². The number of isocyanates is 1. The third-order valence-corrected chi connectivity index (χ3v) is 4.18. The normalized spacial score (nSPS) is 25.0. The molecule has 0 bridgehead atoms. The molecule has 2 atom stereocenters. The summed E-state index contributed by atoms with van der Waals surface area (Å²) in [6.07, 6.45) is 6.42. The number of aliphatic imine (C=N–C) groups is 1. The van der Waals surface area contributed by atoms with Crippen LogP contribution in [0.25, 0.3) is 0 Å². The van der Waals surface area contributed by atoms with Crippen molar-refractivity contribution >= 4 is 18.1 Å². The molecule has 1 N–H and O–H groups in total. The molecule has 1 amide bonds. The van der Waals surface area contributed by atoms with Crippen molar-refractivity contribution in [2.75, 3.05) is 19.8 Å². The first-order valence-corrected chi connectivity index (χ1v) is 8.47. The Labute approximate surface area is 148 Å². The van der Waals surface area contributed by atoms with Crippen LogP contribution in [0.5, 0.6) is 0 Å². The number of alkyl carbamates (subject to hydrolysis) is 1. The van der Waals surface area contributed by atoms with Gasteiger partial charge in [0.05, 0.1) is 6.04 Å². The highest BCUT2D eigenvalue weighted by molar-refractivity contribution is 5.81. The number of nitrogens with zero attached hydrogens (tertiary/aromatic N) is 1. The Morgan fingerprint density at radius 1 is 1.24 bits per heavy atom. The number of ether oxygens (including phenoxy) is 2. The summed E-state index contributed by atoms with van der Waals surface area (Å²) < 4.78 is 9.83. The minimum Gasteiger partial charge on any atom is -0.459 e. The number of nitrogens with one attached hydrogen (secondary N) is 1. The number of esters is 1. The predicted octanol–water partition coefficient (Wildman–Crippen LogP) is 2.75. The number of hydrogen-bond acceptors (Lipinski definition) is 6. The van der Waals surface area contributed by atoms with E-state index in [1.165, 1.54) is 6.08 Å². The van der Waals surface area contributed by atoms with Gasteiger partial charge in [-0.3, -0.25) is 0 Å². The van der Waals surface area contributed by atoms with E-state index < -0.39 is 12.1 Å². The van der Waals surface area contributed by atoms with E-state index in [2.05, 4.69) is 31.1 Å². The monoisotopic (exact) mass is 352 g/mol. The zero-order valence-electron chi connectivity index (χ0n) is 15.5. The zero-order chi connectivity index (χ0) is 18.9. The summed E-state index contributed by atoms with van der Waals surface area (Å²) in [7, 11) is 0. The van der Waals surface area contributed by atoms with Gasteiger partial charge >= 0.3 is 12.1 Å². The summed E-state index contributed by atoms with van der Waals surface area (Å²) in [4.78, 5) is 37.4. The molecular formula is C18H28N2O5. The molecule has 7 heteroatoms. The lowest BCUT2D eigenvalue weighted by molar-refractivity contribution is -0.138. The van der Waals surface area contributed by atoms with Gasteiger partial charge in [-0.2, -0.15) is 0 Å². The van der Waals surface area contributed by atoms with Gasteiger partial charge in [0.25, 0.3) is 0 Å². The molecule has 0 aromatic rings. The van der Waals surface area contributed by atoms with E-state index in [1.807, 2.05) is 0 Å². The molecular weight excluding hydrogens is 324 g/mol. The molecule has 2 unspecified atom stereocenters. The van der Waals surface area contributed by atoms with Gasteiger partial charge in [0.1, 0.15) is 13.2 Å². The van der Waals surface area contributed by atoms with Crippen LogP contribution in [0.1, 0.15) is 47.0 Å². The van der Waals surface area contributed by atoms with Gasteiger partial charge in [0.15, 0.2) is 0 Å². The maximum Gasteiger partial charge on any atom is 0.407 e. The van der Waals surface area contributed by atoms with Gasteiger partial charge in [-0.1, -0.05) is 26.8 Å². The van der Waals surface area contributed by atoms with E-state index in [1.54, 1.807) is 19.1 Å². The quantitative estimate of drug-likeness (QED) is 0.250. The molecule has 0 aliphatic heterocycles. The van der Waals surface area contributed by atoms with Crippen molar-refractivity contribution < 1.29 is 23.9 Å². The molecule has 1 rings (SSSR count). The largest absolute Gasteiger partial charge is 0.459 e. The van der Waals surface area contributed by atoms with E-state index in [0.29, 0.717) is 13.0 Å². The van der Waals surface area contributed by atoms with Crippen molar-refractivity contribution in [2.24, 2.45) is 15.8 Å². The first kappa shape index (κ1) is 20.9. The Hall–Kier alpha value is -2.14. The Kier molecular flexibility index (Phi) is 7.84. The van der Waals surface area contributed by atoms with Crippen LogP contribution in [0.15, 0.2) is 17.1 Å². The van der Waals surface area contributed by atoms with Gasteiger partial charge in [0, 0.05) is 12.6 Å². The van der Waals surface area contributed by atoms with E-state index in [9.17, 15) is 14.4 Å². The van der Waals surface area contributed by atoms with Crippen LogP contribution in [0, 0.1) is 10.8 Å². The molecule has 0 aromatic heterocycles. The van der Waals surface area contributed by atoms with E-state index in [4.69, 9.17) is 9.47 Å². The molecule has 7 nitrogen and oxygen atoms in total. The van der Waals surface area contributed by atoms with Crippen molar-refractivity contribution in [1.82, 2.24) is 5.32 Å². The standard InChI is InChI=1S/C18H28N2O5/c1-5-6-15(22)24-7-8-25-16(23)19-12-18(4)10-14(20-13-21)9-17(2,3)11-18/h5-6,14H,7-12H2,1-4H3,(H,19,23)/b6-5+. The third-order valence-electron chi connectivity index (χ3n) is 4.18. The van der Waals surface area contributed by atoms with Gasteiger partial charge < -0.3 is 14.8 Å². The Bertz CT molecular complexity index is 552. The lowest BCUT2D eigenvalue weighted by atomic mass is 9.63. The van der Waals surface area contributed by atoms with E-state index in [0.717, 1.165) is 12.8 Å². The molecule has 1 saturated carbocycles. The molecule has 0 spiro atoms. The number of amides is 1. The van der Waals surface area contributed by atoms with Crippen LogP contribution < -0.4 is 5.32 Å². The molecule has 0 heterocycles. The third kappa shape index (κ3) is 7.98. The van der Waals surface area contributed by atoms with Crippen molar-refractivity contribution in [3.8, 4) is 0 Å². The average molecular weight is 352 g/mol. The molecule has 1 fully saturated rings. The van der Waals surface area contributed by atoms with Gasteiger partial charge in [-0.15, -0.1) is 0 Å². The molecule has 0 saturated heterocycles. The average Bonchev–Trinajstić information content (AvgIpc) is 2.48. The summed E-state index contributed by atoms with van der Waals surface area (Å²) in [5.74, 6) is -0.467. The van der Waals surface area contributed by atoms with Crippen molar-refractivity contribution in [3.05, 3.63) is 12.2 Å². The SMILES string of the molecule is C/C=C/C(=O)OCCOC(=O)NCC1(C)CC(N=C=O)CC(C)(C)C1. The second kappa shape index (κ2) is 9.37. The summed E-state index contributed by atoms with van der Waals surface area (Å²) in [5.41, 5.74) is -0.144. The molecule has 1 aliphatic carbocycles. The summed E-state index contributed by atoms with van der Waals surface area (Å²) in [5, 5.41) is 2.75. The van der Waals surface area contributed by atoms with Crippen LogP contribution in [-0.2, 0) is 19.1 Å². The van der Waals surface area contributed by atoms with Crippen LogP contribution in [0.4, 0.5) is 4.79 Å². The van der Waals surface area contributed by atoms with Gasteiger partial charge in [0.2, 0.25) is 6.08 Å². The lowest BCUT2D eigenvalue weighted by Crippen LogP contribution is -2.45. The number of rotatable bonds is 7. The van der Waals surface area contributed by atoms with Crippen LogP contribution >= 0.6 is 0 Å². The molecule has 0 radical (unpaired) electrons. The van der Waals surface area contributed by atoms with Crippen molar-refractivity contribution in [3.63, 3.8) is 0 Å². The van der Waals surface area contributed by atoms with Crippen molar-refractivity contribution in [1.29, 1.82) is 0 Å². The minimum atomic E-state index is -0.554. The molecule has 1 aliphatic rings. The minimum absolute atomic E-state index is 0.00457. The molecule has 25 heavy (non-hydrogen) atoms. The van der Waals surface area contributed by atoms with Gasteiger partial charge in [-0.25, -0.2) is 19.4 Å². The summed E-state index contributed by atoms with van der Waals surface area (Å²) in [6.45, 7) is 8.49.